The molecule has 0 atom stereocenters. The summed E-state index contributed by atoms with van der Waals surface area (Å²) in [6.45, 7) is 0. The van der Waals surface area contributed by atoms with E-state index >= 15 is 0 Å². The highest BCUT2D eigenvalue weighted by molar-refractivity contribution is 6.32. The Kier molecular flexibility index (Phi) is 3.61. The number of H-pyrrole nitrogens is 1. The van der Waals surface area contributed by atoms with Gasteiger partial charge in [-0.1, -0.05) is 11.6 Å². The van der Waals surface area contributed by atoms with Gasteiger partial charge in [-0.05, 0) is 17.5 Å². The molecule has 2 aromatic rings. The van der Waals surface area contributed by atoms with E-state index in [1.54, 1.807) is 18.2 Å². The van der Waals surface area contributed by atoms with Crippen molar-refractivity contribution in [1.82, 2.24) is 4.98 Å². The van der Waals surface area contributed by atoms with Gasteiger partial charge in [0.25, 0.3) is 0 Å². The van der Waals surface area contributed by atoms with Gasteiger partial charge in [0, 0.05) is 12.1 Å². The largest absolute Gasteiger partial charge is 0.495 e. The maximum Gasteiger partial charge on any atom is 0.248 e. The number of fused-ring (bicyclic) bond motifs is 1. The third kappa shape index (κ3) is 2.25. The second kappa shape index (κ2) is 4.55. The summed E-state index contributed by atoms with van der Waals surface area (Å²) < 4.78 is 5.04. The third-order valence-corrected chi connectivity index (χ3v) is 2.29. The predicted molar refractivity (Wildman–Crippen MR) is 63.4 cm³/mol. The molecule has 1 aromatic heterocycles. The molecule has 0 fully saturated rings. The first-order valence-electron chi connectivity index (χ1n) is 4.07. The Labute approximate surface area is 97.4 Å². The number of rotatable bonds is 1. The molecule has 1 heterocycles. The van der Waals surface area contributed by atoms with Crippen molar-refractivity contribution in [2.24, 2.45) is 0 Å². The van der Waals surface area contributed by atoms with E-state index in [1.807, 2.05) is 0 Å². The molecule has 0 saturated carbocycles. The van der Waals surface area contributed by atoms with Gasteiger partial charge in [-0.25, -0.2) is 0 Å². The van der Waals surface area contributed by atoms with E-state index in [4.69, 9.17) is 16.3 Å². The lowest BCUT2D eigenvalue weighted by atomic mass is 10.2. The van der Waals surface area contributed by atoms with Crippen LogP contribution in [-0.4, -0.2) is 12.1 Å². The minimum atomic E-state index is -0.137. The molecule has 0 unspecified atom stereocenters. The van der Waals surface area contributed by atoms with Crippen LogP contribution in [0.3, 0.4) is 0 Å². The van der Waals surface area contributed by atoms with Crippen molar-refractivity contribution in [2.45, 2.75) is 0 Å². The van der Waals surface area contributed by atoms with E-state index in [2.05, 4.69) is 4.98 Å². The molecule has 3 nitrogen and oxygen atoms in total. The SMILES string of the molecule is COc1cc2[nH]c(=O)ccc2cc1Cl.Cl. The van der Waals surface area contributed by atoms with Gasteiger partial charge >= 0.3 is 0 Å². The first-order valence-corrected chi connectivity index (χ1v) is 4.45. The summed E-state index contributed by atoms with van der Waals surface area (Å²) in [6.07, 6.45) is 0. The van der Waals surface area contributed by atoms with Crippen molar-refractivity contribution in [2.75, 3.05) is 7.11 Å². The van der Waals surface area contributed by atoms with Crippen molar-refractivity contribution < 1.29 is 4.74 Å². The zero-order valence-corrected chi connectivity index (χ0v) is 9.48. The number of hydrogen-bond donors (Lipinski definition) is 1. The molecule has 0 bridgehead atoms. The van der Waals surface area contributed by atoms with Crippen LogP contribution in [0, 0.1) is 0 Å². The molecule has 0 radical (unpaired) electrons. The molecule has 0 aliphatic carbocycles. The lowest BCUT2D eigenvalue weighted by molar-refractivity contribution is 0.415. The summed E-state index contributed by atoms with van der Waals surface area (Å²) in [5.41, 5.74) is 0.584. The Morgan fingerprint density at radius 2 is 2.07 bits per heavy atom. The molecule has 80 valence electrons. The number of nitrogens with one attached hydrogen (secondary N) is 1. The molecule has 0 aliphatic heterocycles. The average molecular weight is 246 g/mol. The maximum atomic E-state index is 11.0. The molecule has 0 amide bonds. The Morgan fingerprint density at radius 1 is 1.33 bits per heavy atom. The summed E-state index contributed by atoms with van der Waals surface area (Å²) in [6, 6.07) is 6.65. The van der Waals surface area contributed by atoms with Crippen LogP contribution < -0.4 is 10.3 Å². The third-order valence-electron chi connectivity index (χ3n) is 2.00. The number of benzene rings is 1. The summed E-state index contributed by atoms with van der Waals surface area (Å²) in [5, 5.41) is 1.42. The average Bonchev–Trinajstić information content (AvgIpc) is 2.17. The Morgan fingerprint density at radius 3 is 2.73 bits per heavy atom. The summed E-state index contributed by atoms with van der Waals surface area (Å²) >= 11 is 5.93. The summed E-state index contributed by atoms with van der Waals surface area (Å²) in [7, 11) is 1.54. The number of ether oxygens (including phenoxy) is 1. The summed E-state index contributed by atoms with van der Waals surface area (Å²) in [4.78, 5) is 13.7. The smallest absolute Gasteiger partial charge is 0.248 e. The molecule has 2 rings (SSSR count). The van der Waals surface area contributed by atoms with Gasteiger partial charge in [0.05, 0.1) is 17.6 Å². The van der Waals surface area contributed by atoms with Crippen molar-refractivity contribution in [3.8, 4) is 5.75 Å². The molecule has 0 saturated heterocycles. The van der Waals surface area contributed by atoms with Crippen LogP contribution in [0.1, 0.15) is 0 Å². The zero-order valence-electron chi connectivity index (χ0n) is 7.91. The van der Waals surface area contributed by atoms with Gasteiger partial charge in [0.1, 0.15) is 5.75 Å². The first kappa shape index (κ1) is 11.9. The molecule has 1 aromatic carbocycles. The number of pyridine rings is 1. The van der Waals surface area contributed by atoms with Crippen molar-refractivity contribution in [3.05, 3.63) is 39.6 Å². The highest BCUT2D eigenvalue weighted by Gasteiger charge is 2.03. The monoisotopic (exact) mass is 245 g/mol. The number of methoxy groups -OCH3 is 1. The van der Waals surface area contributed by atoms with Gasteiger partial charge in [0.2, 0.25) is 5.56 Å². The highest BCUT2D eigenvalue weighted by Crippen LogP contribution is 2.27. The lowest BCUT2D eigenvalue weighted by Gasteiger charge is -2.04. The van der Waals surface area contributed by atoms with Crippen molar-refractivity contribution in [1.29, 1.82) is 0 Å². The minimum absolute atomic E-state index is 0. The van der Waals surface area contributed by atoms with E-state index in [1.165, 1.54) is 13.2 Å². The fraction of sp³-hybridized carbons (Fsp3) is 0.100. The van der Waals surface area contributed by atoms with E-state index in [9.17, 15) is 4.79 Å². The fourth-order valence-electron chi connectivity index (χ4n) is 1.31. The van der Waals surface area contributed by atoms with Gasteiger partial charge in [-0.15, -0.1) is 12.4 Å². The quantitative estimate of drug-likeness (QED) is 0.840. The maximum absolute atomic E-state index is 11.0. The van der Waals surface area contributed by atoms with Crippen molar-refractivity contribution in [3.63, 3.8) is 0 Å². The molecule has 0 aliphatic rings. The van der Waals surface area contributed by atoms with E-state index in [0.29, 0.717) is 10.8 Å². The van der Waals surface area contributed by atoms with Gasteiger partial charge in [0.15, 0.2) is 0 Å². The number of aromatic nitrogens is 1. The van der Waals surface area contributed by atoms with Crippen LogP contribution >= 0.6 is 24.0 Å². The number of halogens is 2. The highest BCUT2D eigenvalue weighted by atomic mass is 35.5. The second-order valence-corrected chi connectivity index (χ2v) is 3.30. The van der Waals surface area contributed by atoms with E-state index in [0.717, 1.165) is 10.9 Å². The first-order chi connectivity index (χ1) is 6.70. The normalized spacial score (nSPS) is 9.73. The van der Waals surface area contributed by atoms with Crippen LogP contribution in [0.2, 0.25) is 5.02 Å². The van der Waals surface area contributed by atoms with Gasteiger partial charge < -0.3 is 9.72 Å². The standard InChI is InChI=1S/C10H8ClNO2.ClH/c1-14-9-5-8-6(4-7(9)11)2-3-10(13)12-8;/h2-5H,1H3,(H,12,13);1H. The van der Waals surface area contributed by atoms with E-state index in [-0.39, 0.29) is 18.0 Å². The van der Waals surface area contributed by atoms with Gasteiger partial charge in [-0.3, -0.25) is 4.79 Å². The molecule has 0 spiro atoms. The molecule has 15 heavy (non-hydrogen) atoms. The Bertz CT molecular complexity index is 536. The molecule has 5 heteroatoms. The number of aromatic amines is 1. The summed E-state index contributed by atoms with van der Waals surface area (Å²) in [5.74, 6) is 0.556. The topological polar surface area (TPSA) is 42.1 Å². The molecular weight excluding hydrogens is 237 g/mol. The van der Waals surface area contributed by atoms with Crippen LogP contribution in [0.15, 0.2) is 29.1 Å². The Hall–Kier alpha value is -1.19. The fourth-order valence-corrected chi connectivity index (χ4v) is 1.56. The van der Waals surface area contributed by atoms with Crippen LogP contribution in [-0.2, 0) is 0 Å². The molecule has 1 N–H and O–H groups in total. The minimum Gasteiger partial charge on any atom is -0.495 e. The second-order valence-electron chi connectivity index (χ2n) is 2.90. The zero-order chi connectivity index (χ0) is 10.1. The van der Waals surface area contributed by atoms with Crippen LogP contribution in [0.25, 0.3) is 10.9 Å². The van der Waals surface area contributed by atoms with Crippen molar-refractivity contribution >= 4 is 34.9 Å². The van der Waals surface area contributed by atoms with E-state index < -0.39 is 0 Å². The molecular formula is C10H9Cl2NO2. The van der Waals surface area contributed by atoms with Crippen LogP contribution in [0.4, 0.5) is 0 Å². The van der Waals surface area contributed by atoms with Gasteiger partial charge in [-0.2, -0.15) is 0 Å². The Balaban J connectivity index is 0.00000112. The number of hydrogen-bond acceptors (Lipinski definition) is 2. The predicted octanol–water partition coefficient (Wildman–Crippen LogP) is 2.61. The van der Waals surface area contributed by atoms with Crippen LogP contribution in [0.5, 0.6) is 5.75 Å². The lowest BCUT2D eigenvalue weighted by Crippen LogP contribution is -2.02.